The fourth-order valence-corrected chi connectivity index (χ4v) is 13.1. The third-order valence-electron chi connectivity index (χ3n) is 17.2. The molecule has 0 bridgehead atoms. The van der Waals surface area contributed by atoms with Gasteiger partial charge >= 0.3 is 5.97 Å². The number of fused-ring (bicyclic) bond motifs is 3. The summed E-state index contributed by atoms with van der Waals surface area (Å²) in [5.41, 5.74) is -0.174. The predicted molar refractivity (Wildman–Crippen MR) is 232 cm³/mol. The number of allylic oxidation sites excluding steroid dienone is 2. The standard InChI is InChI=1S/C48H74O20/c1-21-41(66-36-15-32(57-7)42(22(2)62-36)67-37-16-33(58-8)43(23(3)63-37)68-45-40(53)39(52)38(51)34(18-49)64-45)31(56-6)14-30(61-21)27-13-24-9-11-26-28(46(24,4)17-29(27)50)12-10-25-19-59-47(5)48(25,55)35(20-60-47)65-44(26)54/h9,19,21-23,26-43,45,49-53,55H,10-18,20H2,1-8H3/t21-,22+,23-,26-,27-,28+,29-,30-,31+,32+,33+,34-,35?,36+,37+,38-,39+,40-,41-,42-,43-,45+,46+,47+,48+/m1/s1. The minimum Gasteiger partial charge on any atom is -0.466 e. The first kappa shape index (κ1) is 51.0. The van der Waals surface area contributed by atoms with Crippen LogP contribution < -0.4 is 0 Å². The third kappa shape index (κ3) is 8.81. The lowest BCUT2D eigenvalue weighted by atomic mass is 9.53. The van der Waals surface area contributed by atoms with Crippen LogP contribution in [0, 0.1) is 23.2 Å². The van der Waals surface area contributed by atoms with Crippen molar-refractivity contribution in [2.45, 2.75) is 214 Å². The molecule has 1 saturated carbocycles. The first-order chi connectivity index (χ1) is 32.4. The molecule has 9 rings (SSSR count). The van der Waals surface area contributed by atoms with Gasteiger partial charge in [-0.05, 0) is 64.2 Å². The number of carbonyl (C=O) groups excluding carboxylic acids is 1. The molecule has 0 spiro atoms. The number of rotatable bonds is 11. The summed E-state index contributed by atoms with van der Waals surface area (Å²) in [6.45, 7) is 8.88. The maximum atomic E-state index is 13.9. The Hall–Kier alpha value is -1.93. The smallest absolute Gasteiger partial charge is 0.310 e. The molecule has 386 valence electrons. The van der Waals surface area contributed by atoms with E-state index in [1.165, 1.54) is 12.7 Å². The van der Waals surface area contributed by atoms with Crippen LogP contribution in [0.25, 0.3) is 0 Å². The molecule has 7 heterocycles. The second-order valence-electron chi connectivity index (χ2n) is 20.9. The molecule has 0 aromatic heterocycles. The fourth-order valence-electron chi connectivity index (χ4n) is 13.1. The van der Waals surface area contributed by atoms with Gasteiger partial charge in [0.1, 0.15) is 42.7 Å². The molecular weight excluding hydrogens is 897 g/mol. The molecular formula is C48H74O20. The summed E-state index contributed by atoms with van der Waals surface area (Å²) in [5, 5.41) is 64.7. The van der Waals surface area contributed by atoms with Crippen LogP contribution in [-0.2, 0) is 66.4 Å². The highest BCUT2D eigenvalue weighted by Gasteiger charge is 2.68. The van der Waals surface area contributed by atoms with Crippen molar-refractivity contribution in [1.29, 1.82) is 0 Å². The van der Waals surface area contributed by atoms with Gasteiger partial charge in [-0.1, -0.05) is 18.6 Å². The predicted octanol–water partition coefficient (Wildman–Crippen LogP) is 0.871. The molecule has 25 atom stereocenters. The van der Waals surface area contributed by atoms with E-state index in [0.29, 0.717) is 50.5 Å². The van der Waals surface area contributed by atoms with Crippen molar-refractivity contribution >= 4 is 5.97 Å². The Balaban J connectivity index is 0.803. The van der Waals surface area contributed by atoms with E-state index in [2.05, 4.69) is 13.0 Å². The Labute approximate surface area is 397 Å². The normalized spacial score (nSPS) is 52.8. The van der Waals surface area contributed by atoms with Gasteiger partial charge in [-0.3, -0.25) is 4.79 Å². The molecule has 7 aliphatic heterocycles. The zero-order valence-electron chi connectivity index (χ0n) is 40.3. The van der Waals surface area contributed by atoms with E-state index in [1.54, 1.807) is 34.3 Å². The molecule has 6 saturated heterocycles. The minimum absolute atomic E-state index is 0.0457. The number of hydrogen-bond acceptors (Lipinski definition) is 20. The van der Waals surface area contributed by atoms with Crippen LogP contribution in [0.15, 0.2) is 23.5 Å². The first-order valence-electron chi connectivity index (χ1n) is 24.5. The summed E-state index contributed by atoms with van der Waals surface area (Å²) in [6.07, 6.45) is -7.93. The van der Waals surface area contributed by atoms with Crippen LogP contribution in [0.5, 0.6) is 0 Å². The van der Waals surface area contributed by atoms with Crippen LogP contribution >= 0.6 is 0 Å². The summed E-state index contributed by atoms with van der Waals surface area (Å²) >= 11 is 0. The largest absolute Gasteiger partial charge is 0.466 e. The monoisotopic (exact) mass is 970 g/mol. The lowest BCUT2D eigenvalue weighted by molar-refractivity contribution is -0.355. The van der Waals surface area contributed by atoms with Crippen molar-refractivity contribution in [3.8, 4) is 0 Å². The fraction of sp³-hybridized carbons (Fsp3) is 0.896. The van der Waals surface area contributed by atoms with Crippen LogP contribution in [0.2, 0.25) is 0 Å². The van der Waals surface area contributed by atoms with Gasteiger partial charge in [-0.25, -0.2) is 0 Å². The van der Waals surface area contributed by atoms with Crippen LogP contribution in [0.4, 0.5) is 0 Å². The van der Waals surface area contributed by atoms with E-state index >= 15 is 0 Å². The molecule has 7 fully saturated rings. The summed E-state index contributed by atoms with van der Waals surface area (Å²) in [6, 6.07) is 0. The second kappa shape index (κ2) is 19.8. The Morgan fingerprint density at radius 3 is 1.99 bits per heavy atom. The van der Waals surface area contributed by atoms with Gasteiger partial charge in [-0.15, -0.1) is 0 Å². The van der Waals surface area contributed by atoms with Gasteiger partial charge in [0.05, 0.1) is 74.2 Å². The maximum absolute atomic E-state index is 13.9. The van der Waals surface area contributed by atoms with Crippen LogP contribution in [-0.4, -0.2) is 199 Å². The number of aliphatic hydroxyl groups excluding tert-OH is 5. The van der Waals surface area contributed by atoms with Crippen molar-refractivity contribution in [2.75, 3.05) is 34.5 Å². The average Bonchev–Trinajstić information content (AvgIpc) is 3.73. The SMILES string of the molecule is CO[C@H]1C[C@H](O[C@H]2[C@@H](OC)C[C@H]([C@@H]3CC4=CC[C@H]5C(=O)OC6CO[C@]7(C)OC=C(CC[C@@H]5[C@@]4(C)C[C@H]3O)[C@]67O)O[C@@H]2C)O[C@@H](C)[C@H]1O[C@H]1C[C@H](OC)[C@H](O[C@@H]2O[C@H](CO)[C@@H](O)[C@H](O)[C@H]2O)[C@@H](C)O1. The molecule has 0 amide bonds. The molecule has 9 aliphatic rings. The molecule has 1 unspecified atom stereocenters. The molecule has 68 heavy (non-hydrogen) atoms. The molecule has 0 aromatic carbocycles. The van der Waals surface area contributed by atoms with Crippen molar-refractivity contribution in [3.63, 3.8) is 0 Å². The molecule has 20 nitrogen and oxygen atoms in total. The van der Waals surface area contributed by atoms with Gasteiger partial charge in [0.2, 0.25) is 5.79 Å². The first-order valence-corrected chi connectivity index (χ1v) is 24.5. The molecule has 20 heteroatoms. The average molecular weight is 971 g/mol. The van der Waals surface area contributed by atoms with E-state index in [9.17, 15) is 35.4 Å². The summed E-state index contributed by atoms with van der Waals surface area (Å²) < 4.78 is 79.9. The summed E-state index contributed by atoms with van der Waals surface area (Å²) in [7, 11) is 4.77. The van der Waals surface area contributed by atoms with Gasteiger partial charge in [-0.2, -0.15) is 0 Å². The van der Waals surface area contributed by atoms with Crippen molar-refractivity contribution in [3.05, 3.63) is 23.5 Å². The zero-order valence-corrected chi connectivity index (χ0v) is 40.3. The van der Waals surface area contributed by atoms with Crippen molar-refractivity contribution in [1.82, 2.24) is 0 Å². The Morgan fingerprint density at radius 2 is 1.37 bits per heavy atom. The zero-order chi connectivity index (χ0) is 48.6. The highest BCUT2D eigenvalue weighted by atomic mass is 16.8. The molecule has 0 radical (unpaired) electrons. The number of hydrogen-bond donors (Lipinski definition) is 6. The van der Waals surface area contributed by atoms with Gasteiger partial charge in [0.25, 0.3) is 0 Å². The highest BCUT2D eigenvalue weighted by Crippen LogP contribution is 2.59. The minimum atomic E-state index is -1.59. The van der Waals surface area contributed by atoms with Crippen molar-refractivity contribution in [2.24, 2.45) is 23.2 Å². The quantitative estimate of drug-likeness (QED) is 0.124. The van der Waals surface area contributed by atoms with E-state index in [1.807, 2.05) is 13.8 Å². The highest BCUT2D eigenvalue weighted by molar-refractivity contribution is 5.74. The lowest BCUT2D eigenvalue weighted by Gasteiger charge is -2.54. The topological polar surface area (TPSA) is 258 Å². The van der Waals surface area contributed by atoms with Gasteiger partial charge < -0.3 is 92.2 Å². The number of aliphatic hydroxyl groups is 6. The van der Waals surface area contributed by atoms with E-state index in [0.717, 1.165) is 0 Å². The number of ether oxygens (including phenoxy) is 13. The van der Waals surface area contributed by atoms with Crippen molar-refractivity contribution < 1.29 is 97.0 Å². The van der Waals surface area contributed by atoms with Crippen LogP contribution in [0.1, 0.15) is 86.0 Å². The Morgan fingerprint density at radius 1 is 0.765 bits per heavy atom. The van der Waals surface area contributed by atoms with Gasteiger partial charge in [0.15, 0.2) is 30.6 Å². The number of carbonyl (C=O) groups is 1. The molecule has 6 N–H and O–H groups in total. The summed E-state index contributed by atoms with van der Waals surface area (Å²) in [4.78, 5) is 13.9. The number of esters is 1. The third-order valence-corrected chi connectivity index (χ3v) is 17.2. The number of methoxy groups -OCH3 is 3. The Kier molecular flexibility index (Phi) is 14.9. The van der Waals surface area contributed by atoms with E-state index in [-0.39, 0.29) is 43.0 Å². The van der Waals surface area contributed by atoms with E-state index in [4.69, 9.17) is 61.6 Å². The van der Waals surface area contributed by atoms with E-state index < -0.39 is 134 Å². The molecule has 2 aliphatic carbocycles. The second-order valence-corrected chi connectivity index (χ2v) is 20.9. The van der Waals surface area contributed by atoms with Crippen LogP contribution in [0.3, 0.4) is 0 Å². The summed E-state index contributed by atoms with van der Waals surface area (Å²) in [5.74, 6) is -2.45. The van der Waals surface area contributed by atoms with Gasteiger partial charge in [0, 0.05) is 59.0 Å². The maximum Gasteiger partial charge on any atom is 0.310 e. The molecule has 0 aromatic rings. The Bertz CT molecular complexity index is 1850. The lowest BCUT2D eigenvalue weighted by Crippen LogP contribution is -2.62.